The van der Waals surface area contributed by atoms with Crippen molar-refractivity contribution in [3.63, 3.8) is 0 Å². The van der Waals surface area contributed by atoms with Crippen molar-refractivity contribution in [1.29, 1.82) is 0 Å². The van der Waals surface area contributed by atoms with Gasteiger partial charge in [0.2, 0.25) is 0 Å². The molecule has 1 heterocycles. The number of aliphatic hydroxyl groups excluding tert-OH is 1. The highest BCUT2D eigenvalue weighted by Crippen LogP contribution is 2.21. The number of hydrogen-bond donors (Lipinski definition) is 3. The van der Waals surface area contributed by atoms with Crippen molar-refractivity contribution in [2.45, 2.75) is 32.1 Å². The van der Waals surface area contributed by atoms with Crippen molar-refractivity contribution < 1.29 is 19.7 Å². The first-order valence-electron chi connectivity index (χ1n) is 9.22. The number of benzene rings is 1. The molecule has 0 saturated carbocycles. The van der Waals surface area contributed by atoms with E-state index in [1.165, 1.54) is 12.8 Å². The minimum atomic E-state index is -1.31. The van der Waals surface area contributed by atoms with E-state index in [0.29, 0.717) is 18.8 Å². The van der Waals surface area contributed by atoms with Crippen molar-refractivity contribution in [3.8, 4) is 5.75 Å². The Morgan fingerprint density at radius 3 is 2.54 bits per heavy atom. The number of likely N-dealkylation sites (tertiary alicyclic amines) is 1. The van der Waals surface area contributed by atoms with Crippen LogP contribution in [0.4, 0.5) is 4.79 Å². The van der Waals surface area contributed by atoms with Gasteiger partial charge in [-0.2, -0.15) is 4.99 Å². The summed E-state index contributed by atoms with van der Waals surface area (Å²) >= 11 is 0. The highest BCUT2D eigenvalue weighted by Gasteiger charge is 2.18. The normalized spacial score (nSPS) is 16.6. The van der Waals surface area contributed by atoms with Crippen LogP contribution in [-0.2, 0) is 0 Å². The van der Waals surface area contributed by atoms with Crippen molar-refractivity contribution >= 4 is 11.9 Å². The molecule has 144 valence electrons. The molecule has 1 fully saturated rings. The molecule has 1 aliphatic heterocycles. The lowest BCUT2D eigenvalue weighted by molar-refractivity contribution is 0.160. The van der Waals surface area contributed by atoms with Gasteiger partial charge < -0.3 is 25.6 Å². The Hall–Kier alpha value is -2.12. The van der Waals surface area contributed by atoms with Crippen molar-refractivity contribution in [2.75, 3.05) is 32.8 Å². The molecule has 26 heavy (non-hydrogen) atoms. The van der Waals surface area contributed by atoms with Crippen molar-refractivity contribution in [1.82, 2.24) is 4.90 Å². The molecule has 0 aliphatic carbocycles. The van der Waals surface area contributed by atoms with Crippen molar-refractivity contribution in [3.05, 3.63) is 29.8 Å². The summed E-state index contributed by atoms with van der Waals surface area (Å²) in [5, 5.41) is 17.5. The summed E-state index contributed by atoms with van der Waals surface area (Å²) in [5.41, 5.74) is 6.16. The van der Waals surface area contributed by atoms with Crippen LogP contribution in [0, 0.1) is 5.92 Å². The monoisotopic (exact) mass is 363 g/mol. The number of hydrogen-bond acceptors (Lipinski definition) is 4. The molecule has 1 saturated heterocycles. The Labute approximate surface area is 154 Å². The predicted octanol–water partition coefficient (Wildman–Crippen LogP) is 2.32. The first-order valence-corrected chi connectivity index (χ1v) is 9.22. The maximum absolute atomic E-state index is 10.5. The van der Waals surface area contributed by atoms with Crippen molar-refractivity contribution in [2.24, 2.45) is 16.6 Å². The van der Waals surface area contributed by atoms with Crippen LogP contribution in [-0.4, -0.2) is 59.9 Å². The number of aliphatic hydroxyl groups is 1. The molecule has 4 N–H and O–H groups in total. The van der Waals surface area contributed by atoms with Gasteiger partial charge in [0, 0.05) is 18.7 Å². The van der Waals surface area contributed by atoms with Gasteiger partial charge >= 0.3 is 6.09 Å². The fourth-order valence-electron chi connectivity index (χ4n) is 3.25. The lowest BCUT2D eigenvalue weighted by Gasteiger charge is -2.31. The largest absolute Gasteiger partial charge is 0.494 e. The van der Waals surface area contributed by atoms with Crippen LogP contribution in [0.5, 0.6) is 5.75 Å². The second-order valence-corrected chi connectivity index (χ2v) is 6.66. The average molecular weight is 363 g/mol. The Morgan fingerprint density at radius 2 is 1.92 bits per heavy atom. The third-order valence-electron chi connectivity index (χ3n) is 4.73. The smallest absolute Gasteiger partial charge is 0.433 e. The number of amides is 1. The van der Waals surface area contributed by atoms with Crippen LogP contribution in [0.3, 0.4) is 0 Å². The van der Waals surface area contributed by atoms with Crippen LogP contribution in [0.15, 0.2) is 29.3 Å². The fraction of sp³-hybridized carbons (Fsp3) is 0.579. The number of ether oxygens (including phenoxy) is 1. The quantitative estimate of drug-likeness (QED) is 0.353. The highest BCUT2D eigenvalue weighted by molar-refractivity contribution is 6.02. The minimum absolute atomic E-state index is 0.0218. The zero-order valence-corrected chi connectivity index (χ0v) is 15.1. The van der Waals surface area contributed by atoms with E-state index >= 15 is 0 Å². The summed E-state index contributed by atoms with van der Waals surface area (Å²) in [5.74, 6) is 1.48. The van der Waals surface area contributed by atoms with Crippen LogP contribution in [0.2, 0.25) is 0 Å². The number of amidine groups is 1. The third kappa shape index (κ3) is 7.01. The molecule has 0 spiro atoms. The van der Waals surface area contributed by atoms with Gasteiger partial charge in [0.15, 0.2) is 0 Å². The van der Waals surface area contributed by atoms with Gasteiger partial charge in [0.25, 0.3) is 0 Å². The van der Waals surface area contributed by atoms with Gasteiger partial charge in [-0.05, 0) is 75.4 Å². The number of aliphatic imine (C=N–C) groups is 1. The van der Waals surface area contributed by atoms with Gasteiger partial charge in [-0.3, -0.25) is 0 Å². The average Bonchev–Trinajstić information content (AvgIpc) is 2.64. The van der Waals surface area contributed by atoms with E-state index < -0.39 is 6.09 Å². The summed E-state index contributed by atoms with van der Waals surface area (Å²) in [6.07, 6.45) is 4.17. The number of piperidine rings is 1. The molecule has 1 amide bonds. The summed E-state index contributed by atoms with van der Waals surface area (Å²) in [6, 6.07) is 6.95. The van der Waals surface area contributed by atoms with Crippen LogP contribution in [0.1, 0.15) is 37.7 Å². The summed E-state index contributed by atoms with van der Waals surface area (Å²) in [4.78, 5) is 16.3. The molecule has 0 aromatic heterocycles. The Balaban J connectivity index is 1.64. The second-order valence-electron chi connectivity index (χ2n) is 6.66. The van der Waals surface area contributed by atoms with Gasteiger partial charge in [-0.15, -0.1) is 0 Å². The fourth-order valence-corrected chi connectivity index (χ4v) is 3.25. The van der Waals surface area contributed by atoms with E-state index in [-0.39, 0.29) is 5.84 Å². The van der Waals surface area contributed by atoms with Crippen LogP contribution >= 0.6 is 0 Å². The van der Waals surface area contributed by atoms with Gasteiger partial charge in [-0.25, -0.2) is 4.79 Å². The molecule has 7 heteroatoms. The van der Waals surface area contributed by atoms with Gasteiger partial charge in [0.1, 0.15) is 11.6 Å². The van der Waals surface area contributed by atoms with E-state index in [9.17, 15) is 4.79 Å². The van der Waals surface area contributed by atoms with Gasteiger partial charge in [0.05, 0.1) is 6.61 Å². The zero-order chi connectivity index (χ0) is 18.8. The SMILES string of the molecule is N/C(=N\C(=O)O)c1ccc(OCCCN2CCC(CCCO)CC2)cc1. The molecule has 7 nitrogen and oxygen atoms in total. The predicted molar refractivity (Wildman–Crippen MR) is 101 cm³/mol. The molecule has 1 aliphatic rings. The maximum atomic E-state index is 10.5. The van der Waals surface area contributed by atoms with Crippen LogP contribution in [0.25, 0.3) is 0 Å². The standard InChI is InChI=1S/C19H29N3O4/c20-18(21-19(24)25)16-4-6-17(7-5-16)26-14-2-10-22-11-8-15(9-12-22)3-1-13-23/h4-7,15,23H,1-3,8-14H2,(H2,20,21)(H,24,25). The molecule has 1 aromatic carbocycles. The van der Waals surface area contributed by atoms with Crippen LogP contribution < -0.4 is 10.5 Å². The number of nitrogens with zero attached hydrogens (tertiary/aromatic N) is 2. The molecule has 0 radical (unpaired) electrons. The maximum Gasteiger partial charge on any atom is 0.433 e. The molecule has 1 aromatic rings. The lowest BCUT2D eigenvalue weighted by atomic mass is 9.92. The third-order valence-corrected chi connectivity index (χ3v) is 4.73. The summed E-state index contributed by atoms with van der Waals surface area (Å²) in [6.45, 7) is 4.24. The molecule has 0 bridgehead atoms. The zero-order valence-electron chi connectivity index (χ0n) is 15.1. The summed E-state index contributed by atoms with van der Waals surface area (Å²) < 4.78 is 5.74. The second kappa shape index (κ2) is 10.8. The molecular formula is C19H29N3O4. The first kappa shape index (κ1) is 20.2. The Kier molecular flexibility index (Phi) is 8.37. The van der Waals surface area contributed by atoms with E-state index in [1.54, 1.807) is 24.3 Å². The summed E-state index contributed by atoms with van der Waals surface area (Å²) in [7, 11) is 0. The molecule has 0 unspecified atom stereocenters. The Morgan fingerprint density at radius 1 is 1.23 bits per heavy atom. The minimum Gasteiger partial charge on any atom is -0.494 e. The van der Waals surface area contributed by atoms with E-state index in [1.807, 2.05) is 0 Å². The lowest BCUT2D eigenvalue weighted by Crippen LogP contribution is -2.35. The number of rotatable bonds is 9. The number of carbonyl (C=O) groups is 1. The van der Waals surface area contributed by atoms with E-state index in [2.05, 4.69) is 9.89 Å². The number of nitrogens with two attached hydrogens (primary N) is 1. The Bertz CT molecular complexity index is 581. The topological polar surface area (TPSA) is 108 Å². The first-order chi connectivity index (χ1) is 12.6. The molecule has 0 atom stereocenters. The molecule has 2 rings (SSSR count). The van der Waals surface area contributed by atoms with Gasteiger partial charge in [-0.1, -0.05) is 0 Å². The molecular weight excluding hydrogens is 334 g/mol. The van der Waals surface area contributed by atoms with E-state index in [0.717, 1.165) is 50.6 Å². The number of carboxylic acid groups (broad SMARTS) is 1. The van der Waals surface area contributed by atoms with E-state index in [4.69, 9.17) is 20.7 Å². The highest BCUT2D eigenvalue weighted by atomic mass is 16.5.